The van der Waals surface area contributed by atoms with Crippen molar-refractivity contribution in [1.29, 1.82) is 0 Å². The van der Waals surface area contributed by atoms with E-state index in [2.05, 4.69) is 0 Å². The molecule has 0 spiro atoms. The van der Waals surface area contributed by atoms with Gasteiger partial charge in [0.2, 0.25) is 0 Å². The standard InChI is InChI=1S/C12H17O3PS/c1-3-14-16(13,15-4-2)17-11-10-12-8-6-5-7-9-12/h5-11H,3-4H2,1-2H3/b11-10+. The van der Waals surface area contributed by atoms with E-state index in [9.17, 15) is 4.57 Å². The predicted octanol–water partition coefficient (Wildman–Crippen LogP) is 4.57. The summed E-state index contributed by atoms with van der Waals surface area (Å²) < 4.78 is 22.4. The van der Waals surface area contributed by atoms with Gasteiger partial charge in [-0.3, -0.25) is 0 Å². The van der Waals surface area contributed by atoms with E-state index in [1.165, 1.54) is 0 Å². The summed E-state index contributed by atoms with van der Waals surface area (Å²) in [6.45, 7) is 1.33. The Morgan fingerprint density at radius 3 is 2.29 bits per heavy atom. The number of benzene rings is 1. The lowest BCUT2D eigenvalue weighted by Gasteiger charge is -2.13. The first-order valence-corrected chi connectivity index (χ1v) is 8.52. The van der Waals surface area contributed by atoms with Gasteiger partial charge in [-0.25, -0.2) is 4.57 Å². The predicted molar refractivity (Wildman–Crippen MR) is 73.9 cm³/mol. The van der Waals surface area contributed by atoms with Crippen LogP contribution in [0.5, 0.6) is 0 Å². The van der Waals surface area contributed by atoms with Crippen molar-refractivity contribution in [2.24, 2.45) is 0 Å². The van der Waals surface area contributed by atoms with Crippen molar-refractivity contribution in [2.45, 2.75) is 13.8 Å². The van der Waals surface area contributed by atoms with Gasteiger partial charge >= 0.3 is 6.80 Å². The molecule has 0 fully saturated rings. The fourth-order valence-corrected chi connectivity index (χ4v) is 3.99. The third kappa shape index (κ3) is 5.55. The average Bonchev–Trinajstić information content (AvgIpc) is 2.31. The Hall–Kier alpha value is -0.540. The van der Waals surface area contributed by atoms with E-state index in [-0.39, 0.29) is 0 Å². The molecule has 3 nitrogen and oxygen atoms in total. The zero-order chi connectivity index (χ0) is 12.6. The minimum Gasteiger partial charge on any atom is -0.301 e. The van der Waals surface area contributed by atoms with E-state index in [1.807, 2.05) is 36.4 Å². The van der Waals surface area contributed by atoms with E-state index >= 15 is 0 Å². The molecule has 5 heteroatoms. The van der Waals surface area contributed by atoms with Crippen molar-refractivity contribution >= 4 is 24.3 Å². The van der Waals surface area contributed by atoms with Gasteiger partial charge in [-0.15, -0.1) is 0 Å². The maximum atomic E-state index is 12.1. The van der Waals surface area contributed by atoms with Crippen LogP contribution in [0.1, 0.15) is 19.4 Å². The highest BCUT2D eigenvalue weighted by atomic mass is 32.7. The minimum absolute atomic E-state index is 0.378. The molecule has 0 saturated carbocycles. The molecule has 0 unspecified atom stereocenters. The molecule has 0 atom stereocenters. The van der Waals surface area contributed by atoms with E-state index in [0.717, 1.165) is 16.9 Å². The topological polar surface area (TPSA) is 35.5 Å². The molecule has 94 valence electrons. The summed E-state index contributed by atoms with van der Waals surface area (Å²) in [6, 6.07) is 9.81. The molecule has 0 aliphatic rings. The van der Waals surface area contributed by atoms with Crippen LogP contribution < -0.4 is 0 Å². The molecular weight excluding hydrogens is 255 g/mol. The number of hydrogen-bond acceptors (Lipinski definition) is 4. The summed E-state index contributed by atoms with van der Waals surface area (Å²) in [7, 11) is 0. The van der Waals surface area contributed by atoms with Gasteiger partial charge in [0.05, 0.1) is 13.2 Å². The summed E-state index contributed by atoms with van der Waals surface area (Å²) in [5.41, 5.74) is 1.06. The van der Waals surface area contributed by atoms with Crippen LogP contribution in [0.4, 0.5) is 0 Å². The van der Waals surface area contributed by atoms with Gasteiger partial charge in [-0.05, 0) is 42.3 Å². The molecule has 17 heavy (non-hydrogen) atoms. The third-order valence-electron chi connectivity index (χ3n) is 1.82. The lowest BCUT2D eigenvalue weighted by Crippen LogP contribution is -1.90. The largest absolute Gasteiger partial charge is 0.393 e. The monoisotopic (exact) mass is 272 g/mol. The van der Waals surface area contributed by atoms with Crippen LogP contribution in [0.15, 0.2) is 35.7 Å². The van der Waals surface area contributed by atoms with Gasteiger partial charge in [0.1, 0.15) is 0 Å². The molecular formula is C12H17O3PS. The van der Waals surface area contributed by atoms with E-state index in [1.54, 1.807) is 19.3 Å². The summed E-state index contributed by atoms with van der Waals surface area (Å²) in [5, 5.41) is 1.75. The molecule has 0 radical (unpaired) electrons. The van der Waals surface area contributed by atoms with Crippen molar-refractivity contribution in [1.82, 2.24) is 0 Å². The second-order valence-corrected chi connectivity index (χ2v) is 6.97. The van der Waals surface area contributed by atoms with Gasteiger partial charge in [0.15, 0.2) is 0 Å². The van der Waals surface area contributed by atoms with Crippen LogP contribution in [0.2, 0.25) is 0 Å². The van der Waals surface area contributed by atoms with Gasteiger partial charge in [0, 0.05) is 0 Å². The van der Waals surface area contributed by atoms with Crippen molar-refractivity contribution in [2.75, 3.05) is 13.2 Å². The fraction of sp³-hybridized carbons (Fsp3) is 0.333. The van der Waals surface area contributed by atoms with Gasteiger partial charge in [-0.1, -0.05) is 30.3 Å². The first kappa shape index (κ1) is 14.5. The van der Waals surface area contributed by atoms with Crippen LogP contribution in [0.3, 0.4) is 0 Å². The van der Waals surface area contributed by atoms with E-state index in [4.69, 9.17) is 9.05 Å². The molecule has 0 aliphatic heterocycles. The quantitative estimate of drug-likeness (QED) is 0.681. The highest BCUT2D eigenvalue weighted by molar-refractivity contribution is 8.56. The van der Waals surface area contributed by atoms with Crippen LogP contribution >= 0.6 is 18.2 Å². The summed E-state index contributed by atoms with van der Waals surface area (Å²) in [5.74, 6) is 0. The van der Waals surface area contributed by atoms with Crippen LogP contribution in [-0.2, 0) is 13.6 Å². The Balaban J connectivity index is 2.58. The van der Waals surface area contributed by atoms with Crippen molar-refractivity contribution in [3.05, 3.63) is 41.3 Å². The van der Waals surface area contributed by atoms with Gasteiger partial charge < -0.3 is 9.05 Å². The highest BCUT2D eigenvalue weighted by Gasteiger charge is 2.22. The third-order valence-corrected chi connectivity index (χ3v) is 5.26. The molecule has 0 aromatic heterocycles. The number of hydrogen-bond donors (Lipinski definition) is 0. The maximum absolute atomic E-state index is 12.1. The average molecular weight is 272 g/mol. The molecule has 0 amide bonds. The molecule has 0 saturated heterocycles. The molecule has 0 aliphatic carbocycles. The van der Waals surface area contributed by atoms with Crippen molar-refractivity contribution in [3.63, 3.8) is 0 Å². The molecule has 0 N–H and O–H groups in total. The lowest BCUT2D eigenvalue weighted by molar-refractivity contribution is 0.237. The normalized spacial score (nSPS) is 12.1. The lowest BCUT2D eigenvalue weighted by atomic mass is 10.2. The Morgan fingerprint density at radius 2 is 1.76 bits per heavy atom. The van der Waals surface area contributed by atoms with Gasteiger partial charge in [-0.2, -0.15) is 0 Å². The molecule has 1 rings (SSSR count). The van der Waals surface area contributed by atoms with Crippen molar-refractivity contribution < 1.29 is 13.6 Å². The molecule has 1 aromatic carbocycles. The molecule has 0 heterocycles. The molecule has 1 aromatic rings. The van der Waals surface area contributed by atoms with Crippen LogP contribution in [0, 0.1) is 0 Å². The maximum Gasteiger partial charge on any atom is 0.393 e. The fourth-order valence-electron chi connectivity index (χ4n) is 1.16. The SMILES string of the molecule is CCOP(=O)(OCC)S/C=C/c1ccccc1. The first-order chi connectivity index (χ1) is 8.20. The smallest absolute Gasteiger partial charge is 0.301 e. The Labute approximate surface area is 106 Å². The zero-order valence-electron chi connectivity index (χ0n) is 10.0. The summed E-state index contributed by atoms with van der Waals surface area (Å²) >= 11 is 1.10. The second kappa shape index (κ2) is 7.72. The summed E-state index contributed by atoms with van der Waals surface area (Å²) in [6.07, 6.45) is 1.88. The van der Waals surface area contributed by atoms with Crippen molar-refractivity contribution in [3.8, 4) is 0 Å². The summed E-state index contributed by atoms with van der Waals surface area (Å²) in [4.78, 5) is 0. The minimum atomic E-state index is -3.03. The Bertz CT molecular complexity index is 382. The Kier molecular flexibility index (Phi) is 6.60. The van der Waals surface area contributed by atoms with E-state index in [0.29, 0.717) is 13.2 Å². The number of rotatable bonds is 7. The molecule has 0 bridgehead atoms. The van der Waals surface area contributed by atoms with Crippen LogP contribution in [0.25, 0.3) is 6.08 Å². The van der Waals surface area contributed by atoms with Gasteiger partial charge in [0.25, 0.3) is 0 Å². The zero-order valence-corrected chi connectivity index (χ0v) is 11.7. The highest BCUT2D eigenvalue weighted by Crippen LogP contribution is 2.61. The van der Waals surface area contributed by atoms with Crippen LogP contribution in [-0.4, -0.2) is 13.2 Å². The van der Waals surface area contributed by atoms with E-state index < -0.39 is 6.80 Å². The first-order valence-electron chi connectivity index (χ1n) is 5.49. The Morgan fingerprint density at radius 1 is 1.18 bits per heavy atom. The second-order valence-electron chi connectivity index (χ2n) is 3.10.